The molecule has 1 aliphatic heterocycles. The summed E-state index contributed by atoms with van der Waals surface area (Å²) in [5.74, 6) is 1.46. The highest BCUT2D eigenvalue weighted by Gasteiger charge is 2.27. The molecule has 0 spiro atoms. The summed E-state index contributed by atoms with van der Waals surface area (Å²) in [5, 5.41) is 0. The van der Waals surface area contributed by atoms with E-state index in [0.717, 1.165) is 28.3 Å². The van der Waals surface area contributed by atoms with Gasteiger partial charge in [0.05, 0.1) is 17.6 Å². The molecule has 0 saturated carbocycles. The number of hydrogen-bond donors (Lipinski definition) is 0. The fourth-order valence-electron chi connectivity index (χ4n) is 3.61. The Balaban J connectivity index is 1.79. The maximum Gasteiger partial charge on any atom is 0.247 e. The number of furan rings is 1. The van der Waals surface area contributed by atoms with Crippen molar-refractivity contribution in [3.05, 3.63) is 96.3 Å². The van der Waals surface area contributed by atoms with Crippen LogP contribution in [0.5, 0.6) is 5.75 Å². The highest BCUT2D eigenvalue weighted by molar-refractivity contribution is 5.89. The van der Waals surface area contributed by atoms with E-state index in [0.29, 0.717) is 12.5 Å². The van der Waals surface area contributed by atoms with E-state index in [4.69, 9.17) is 9.15 Å². The summed E-state index contributed by atoms with van der Waals surface area (Å²) >= 11 is 0. The number of hydrogen-bond acceptors (Lipinski definition) is 3. The molecule has 27 heavy (non-hydrogen) atoms. The van der Waals surface area contributed by atoms with Crippen molar-refractivity contribution in [1.82, 2.24) is 0 Å². The van der Waals surface area contributed by atoms with Crippen LogP contribution in [-0.4, -0.2) is 0 Å². The Morgan fingerprint density at radius 2 is 1.63 bits per heavy atom. The van der Waals surface area contributed by atoms with Crippen LogP contribution in [0.15, 0.2) is 89.5 Å². The zero-order valence-corrected chi connectivity index (χ0v) is 15.1. The Morgan fingerprint density at radius 1 is 0.815 bits per heavy atom. The lowest BCUT2D eigenvalue weighted by Crippen LogP contribution is -2.11. The molecule has 3 heteroatoms. The number of nitrogens with zero attached hydrogens (tertiary/aromatic N) is 1. The van der Waals surface area contributed by atoms with Gasteiger partial charge in [-0.2, -0.15) is 0 Å². The van der Waals surface area contributed by atoms with Crippen molar-refractivity contribution in [1.29, 1.82) is 0 Å². The largest absolute Gasteiger partial charge is 0.483 e. The standard InChI is InChI=1S/C24H19NO2/c1-17-11-12-22(20(15-17)18-7-3-2-4-8-18)25-21-10-6-5-9-19(21)16-27-23-13-14-26-24(23)25/h2-15H,16H2,1H3. The number of anilines is 3. The molecule has 0 radical (unpaired) electrons. The molecular formula is C24H19NO2. The molecule has 2 heterocycles. The van der Waals surface area contributed by atoms with Gasteiger partial charge in [0.1, 0.15) is 6.61 Å². The van der Waals surface area contributed by atoms with E-state index in [2.05, 4.69) is 72.5 Å². The first kappa shape index (κ1) is 15.8. The smallest absolute Gasteiger partial charge is 0.247 e. The van der Waals surface area contributed by atoms with Crippen LogP contribution in [0.1, 0.15) is 11.1 Å². The summed E-state index contributed by atoms with van der Waals surface area (Å²) in [4.78, 5) is 2.17. The first-order valence-electron chi connectivity index (χ1n) is 9.06. The van der Waals surface area contributed by atoms with Gasteiger partial charge in [0.25, 0.3) is 0 Å². The number of aryl methyl sites for hydroxylation is 1. The molecule has 0 unspecified atom stereocenters. The molecule has 1 aromatic heterocycles. The van der Waals surface area contributed by atoms with Crippen molar-refractivity contribution in [3.8, 4) is 16.9 Å². The van der Waals surface area contributed by atoms with Crippen molar-refractivity contribution >= 4 is 17.3 Å². The predicted octanol–water partition coefficient (Wildman–Crippen LogP) is 6.62. The third-order valence-corrected chi connectivity index (χ3v) is 4.91. The fraction of sp³-hybridized carbons (Fsp3) is 0.0833. The van der Waals surface area contributed by atoms with Crippen LogP contribution in [0.3, 0.4) is 0 Å². The van der Waals surface area contributed by atoms with Gasteiger partial charge >= 0.3 is 0 Å². The number of benzene rings is 3. The summed E-state index contributed by atoms with van der Waals surface area (Å²) in [7, 11) is 0. The number of para-hydroxylation sites is 1. The van der Waals surface area contributed by atoms with E-state index >= 15 is 0 Å². The maximum atomic E-state index is 6.00. The van der Waals surface area contributed by atoms with Gasteiger partial charge in [0, 0.05) is 17.2 Å². The maximum absolute atomic E-state index is 6.00. The fourth-order valence-corrected chi connectivity index (χ4v) is 3.61. The second-order valence-corrected chi connectivity index (χ2v) is 6.73. The zero-order chi connectivity index (χ0) is 18.2. The second-order valence-electron chi connectivity index (χ2n) is 6.73. The molecular weight excluding hydrogens is 334 g/mol. The molecule has 1 aliphatic rings. The Labute approximate surface area is 158 Å². The average Bonchev–Trinajstić information content (AvgIpc) is 3.11. The topological polar surface area (TPSA) is 25.6 Å². The van der Waals surface area contributed by atoms with E-state index in [1.807, 2.05) is 18.2 Å². The summed E-state index contributed by atoms with van der Waals surface area (Å²) in [6.07, 6.45) is 1.68. The molecule has 0 bridgehead atoms. The van der Waals surface area contributed by atoms with Crippen LogP contribution < -0.4 is 9.64 Å². The number of fused-ring (bicyclic) bond motifs is 2. The predicted molar refractivity (Wildman–Crippen MR) is 108 cm³/mol. The Morgan fingerprint density at radius 3 is 2.52 bits per heavy atom. The van der Waals surface area contributed by atoms with Crippen LogP contribution in [0.4, 0.5) is 17.3 Å². The van der Waals surface area contributed by atoms with Crippen molar-refractivity contribution in [2.24, 2.45) is 0 Å². The van der Waals surface area contributed by atoms with Gasteiger partial charge in [-0.15, -0.1) is 0 Å². The van der Waals surface area contributed by atoms with Crippen LogP contribution in [0.25, 0.3) is 11.1 Å². The Kier molecular flexibility index (Phi) is 3.72. The molecule has 0 fully saturated rings. The summed E-state index contributed by atoms with van der Waals surface area (Å²) < 4.78 is 11.9. The molecule has 4 aromatic rings. The molecule has 3 aromatic carbocycles. The zero-order valence-electron chi connectivity index (χ0n) is 15.1. The Bertz CT molecular complexity index is 1100. The Hall–Kier alpha value is -3.46. The second kappa shape index (κ2) is 6.36. The first-order chi connectivity index (χ1) is 13.3. The van der Waals surface area contributed by atoms with Crippen LogP contribution >= 0.6 is 0 Å². The molecule has 0 saturated heterocycles. The van der Waals surface area contributed by atoms with Crippen molar-refractivity contribution < 1.29 is 9.15 Å². The van der Waals surface area contributed by atoms with E-state index in [-0.39, 0.29) is 0 Å². The molecule has 3 nitrogen and oxygen atoms in total. The SMILES string of the molecule is Cc1ccc(N2c3ccccc3COc3ccoc32)c(-c2ccccc2)c1. The lowest BCUT2D eigenvalue weighted by molar-refractivity contribution is 0.308. The number of rotatable bonds is 2. The van der Waals surface area contributed by atoms with Crippen LogP contribution in [-0.2, 0) is 6.61 Å². The quantitative estimate of drug-likeness (QED) is 0.405. The first-order valence-corrected chi connectivity index (χ1v) is 9.06. The molecule has 0 atom stereocenters. The van der Waals surface area contributed by atoms with Crippen molar-refractivity contribution in [2.75, 3.05) is 4.90 Å². The van der Waals surface area contributed by atoms with Crippen molar-refractivity contribution in [3.63, 3.8) is 0 Å². The monoisotopic (exact) mass is 353 g/mol. The minimum Gasteiger partial charge on any atom is -0.483 e. The normalized spacial score (nSPS) is 12.7. The van der Waals surface area contributed by atoms with Gasteiger partial charge in [0.15, 0.2) is 5.75 Å². The van der Waals surface area contributed by atoms with Gasteiger partial charge in [-0.3, -0.25) is 4.90 Å². The molecule has 5 rings (SSSR count). The molecule has 0 aliphatic carbocycles. The number of ether oxygens (including phenoxy) is 1. The van der Waals surface area contributed by atoms with Crippen LogP contribution in [0, 0.1) is 6.92 Å². The third kappa shape index (κ3) is 2.68. The van der Waals surface area contributed by atoms with E-state index in [9.17, 15) is 0 Å². The van der Waals surface area contributed by atoms with E-state index in [1.165, 1.54) is 11.1 Å². The molecule has 0 amide bonds. The van der Waals surface area contributed by atoms with Gasteiger partial charge in [0.2, 0.25) is 5.88 Å². The van der Waals surface area contributed by atoms with Crippen molar-refractivity contribution in [2.45, 2.75) is 13.5 Å². The lowest BCUT2D eigenvalue weighted by atomic mass is 9.99. The molecule has 132 valence electrons. The molecule has 0 N–H and O–H groups in total. The highest BCUT2D eigenvalue weighted by Crippen LogP contribution is 2.47. The minimum absolute atomic E-state index is 0.520. The third-order valence-electron chi connectivity index (χ3n) is 4.91. The van der Waals surface area contributed by atoms with Gasteiger partial charge in [-0.1, -0.05) is 60.2 Å². The van der Waals surface area contributed by atoms with Gasteiger partial charge in [-0.25, -0.2) is 0 Å². The highest BCUT2D eigenvalue weighted by atomic mass is 16.5. The summed E-state index contributed by atoms with van der Waals surface area (Å²) in [6, 6.07) is 27.2. The van der Waals surface area contributed by atoms with Gasteiger partial charge < -0.3 is 9.15 Å². The summed E-state index contributed by atoms with van der Waals surface area (Å²) in [5.41, 5.74) is 6.83. The minimum atomic E-state index is 0.520. The lowest BCUT2D eigenvalue weighted by Gasteiger charge is -2.26. The average molecular weight is 353 g/mol. The van der Waals surface area contributed by atoms with Crippen LogP contribution in [0.2, 0.25) is 0 Å². The van der Waals surface area contributed by atoms with E-state index < -0.39 is 0 Å². The van der Waals surface area contributed by atoms with E-state index in [1.54, 1.807) is 6.26 Å². The summed E-state index contributed by atoms with van der Waals surface area (Å²) in [6.45, 7) is 2.64. The van der Waals surface area contributed by atoms with Gasteiger partial charge in [-0.05, 0) is 30.7 Å².